The zero-order chi connectivity index (χ0) is 42.9. The molecule has 60 heavy (non-hydrogen) atoms. The first-order valence-corrected chi connectivity index (χ1v) is 23.0. The lowest BCUT2D eigenvalue weighted by atomic mass is 9.80. The van der Waals surface area contributed by atoms with Crippen LogP contribution in [0.1, 0.15) is 102 Å². The number of allylic oxidation sites excluding steroid dienone is 6. The molecule has 7 nitrogen and oxygen atoms in total. The van der Waals surface area contributed by atoms with Gasteiger partial charge in [0.2, 0.25) is 0 Å². The van der Waals surface area contributed by atoms with Crippen LogP contribution in [0, 0.1) is 0 Å². The third-order valence-electron chi connectivity index (χ3n) is 12.8. The number of alkyl halides is 2. The maximum Gasteiger partial charge on any atom is 0.311 e. The Labute approximate surface area is 368 Å². The first-order chi connectivity index (χ1) is 28.9. The number of carboxylic acids is 1. The van der Waals surface area contributed by atoms with Crippen molar-refractivity contribution in [3.63, 3.8) is 0 Å². The number of para-hydroxylation sites is 2. The summed E-state index contributed by atoms with van der Waals surface area (Å²) in [5.74, 6) is 0.815. The normalized spacial score (nSPS) is 20.6. The summed E-state index contributed by atoms with van der Waals surface area (Å²) >= 11 is 12.1. The molecular formula is C51H64Cl2N3O4+. The Kier molecular flexibility index (Phi) is 15.5. The summed E-state index contributed by atoms with van der Waals surface area (Å²) < 4.78 is 6.47. The third-order valence-corrected chi connectivity index (χ3v) is 13.2. The SMILES string of the molecule is C[NH+]1c2ccccc2C(C)(C)C1/C=C/C1=C(OC(=O)CCCc2ccc(N(CCCl)CCCl)cc2)C(=C/C=C2/N(CCCCCC(=O)O)c3ccccc3C2(C)C)/CCC1. The number of hydrogen-bond donors (Lipinski definition) is 2. The molecular weight excluding hydrogens is 789 g/mol. The number of halogens is 2. The number of carbonyl (C=O) groups excluding carboxylic acids is 1. The van der Waals surface area contributed by atoms with Crippen molar-refractivity contribution in [2.45, 2.75) is 109 Å². The van der Waals surface area contributed by atoms with E-state index in [0.717, 1.165) is 75.0 Å². The molecule has 3 aliphatic rings. The molecule has 0 radical (unpaired) electrons. The molecule has 0 bridgehead atoms. The average molecular weight is 854 g/mol. The van der Waals surface area contributed by atoms with Crippen molar-refractivity contribution < 1.29 is 24.3 Å². The molecule has 0 amide bonds. The van der Waals surface area contributed by atoms with Gasteiger partial charge in [-0.15, -0.1) is 23.2 Å². The summed E-state index contributed by atoms with van der Waals surface area (Å²) in [4.78, 5) is 30.9. The van der Waals surface area contributed by atoms with Crippen LogP contribution in [0.25, 0.3) is 0 Å². The number of benzene rings is 3. The van der Waals surface area contributed by atoms with Crippen LogP contribution < -0.4 is 14.7 Å². The molecule has 0 saturated heterocycles. The number of carbonyl (C=O) groups is 2. The molecule has 3 aromatic rings. The van der Waals surface area contributed by atoms with Crippen LogP contribution in [0.3, 0.4) is 0 Å². The van der Waals surface area contributed by atoms with E-state index < -0.39 is 5.97 Å². The molecule has 2 atom stereocenters. The second-order valence-corrected chi connectivity index (χ2v) is 18.4. The number of aryl methyl sites for hydroxylation is 1. The summed E-state index contributed by atoms with van der Waals surface area (Å²) in [7, 11) is 2.25. The number of fused-ring (bicyclic) bond motifs is 2. The number of anilines is 2. The molecule has 2 unspecified atom stereocenters. The summed E-state index contributed by atoms with van der Waals surface area (Å²) in [6.45, 7) is 11.5. The van der Waals surface area contributed by atoms with E-state index in [9.17, 15) is 14.7 Å². The van der Waals surface area contributed by atoms with Gasteiger partial charge in [0.1, 0.15) is 17.5 Å². The summed E-state index contributed by atoms with van der Waals surface area (Å²) in [5, 5.41) is 9.18. The van der Waals surface area contributed by atoms with Crippen LogP contribution in [-0.2, 0) is 31.6 Å². The van der Waals surface area contributed by atoms with Gasteiger partial charge in [-0.2, -0.15) is 0 Å². The molecule has 0 spiro atoms. The number of ether oxygens (including phenoxy) is 1. The standard InChI is InChI=1S/C51H63Cl2N3O4/c1-50(2)41-18-8-10-20-43(41)54(5)45(50)30-26-38-16-14-17-39(49(38)60-48(59)23-13-15-37-24-28-40(29-25-37)55(35-32-52)36-33-53)27-31-46-51(3,4)42-19-9-11-21-44(42)56(46)34-12-6-7-22-47(57)58/h8-11,18-21,24-31,45H,6-7,12-17,22-23,32-36H2,1-5H3,(H,57,58)/p+1/b30-26+,39-27+,46-31+. The highest BCUT2D eigenvalue weighted by Crippen LogP contribution is 2.48. The van der Waals surface area contributed by atoms with E-state index in [1.165, 1.54) is 38.7 Å². The Morgan fingerprint density at radius 1 is 0.867 bits per heavy atom. The molecule has 6 rings (SSSR count). The molecule has 320 valence electrons. The molecule has 2 N–H and O–H groups in total. The predicted molar refractivity (Wildman–Crippen MR) is 248 cm³/mol. The van der Waals surface area contributed by atoms with Crippen LogP contribution in [0.2, 0.25) is 0 Å². The van der Waals surface area contributed by atoms with Gasteiger partial charge in [0.15, 0.2) is 0 Å². The molecule has 0 fully saturated rings. The minimum Gasteiger partial charge on any atom is -0.481 e. The van der Waals surface area contributed by atoms with Crippen LogP contribution in [0.15, 0.2) is 120 Å². The van der Waals surface area contributed by atoms with Crippen LogP contribution in [0.4, 0.5) is 17.1 Å². The number of nitrogens with zero attached hydrogens (tertiary/aromatic N) is 2. The van der Waals surface area contributed by atoms with E-state index in [4.69, 9.17) is 27.9 Å². The Morgan fingerprint density at radius 3 is 2.27 bits per heavy atom. The maximum absolute atomic E-state index is 13.8. The van der Waals surface area contributed by atoms with Crippen LogP contribution in [0.5, 0.6) is 0 Å². The molecule has 3 aromatic carbocycles. The number of aliphatic carboxylic acids is 1. The summed E-state index contributed by atoms with van der Waals surface area (Å²) in [5.41, 5.74) is 10.5. The van der Waals surface area contributed by atoms with Gasteiger partial charge in [0.25, 0.3) is 0 Å². The smallest absolute Gasteiger partial charge is 0.311 e. The fraction of sp³-hybridized carbons (Fsp3) is 0.451. The van der Waals surface area contributed by atoms with Gasteiger partial charge in [-0.05, 0) is 117 Å². The number of carboxylic acid groups (broad SMARTS) is 1. The number of nitrogens with one attached hydrogen (secondary N) is 1. The van der Waals surface area contributed by atoms with Crippen molar-refractivity contribution in [1.82, 2.24) is 0 Å². The van der Waals surface area contributed by atoms with Gasteiger partial charge in [0, 0.05) is 72.3 Å². The second kappa shape index (κ2) is 20.5. The Morgan fingerprint density at radius 2 is 1.57 bits per heavy atom. The summed E-state index contributed by atoms with van der Waals surface area (Å²) in [6, 6.07) is 26.0. The predicted octanol–water partition coefficient (Wildman–Crippen LogP) is 10.6. The number of esters is 1. The molecule has 2 aliphatic heterocycles. The first-order valence-electron chi connectivity index (χ1n) is 21.9. The number of hydrogen-bond acceptors (Lipinski definition) is 5. The highest BCUT2D eigenvalue weighted by Gasteiger charge is 2.46. The molecule has 0 aromatic heterocycles. The summed E-state index contributed by atoms with van der Waals surface area (Å²) in [6.07, 6.45) is 16.0. The zero-order valence-electron chi connectivity index (χ0n) is 36.2. The van der Waals surface area contributed by atoms with Gasteiger partial charge < -0.3 is 19.6 Å². The largest absolute Gasteiger partial charge is 0.481 e. The van der Waals surface area contributed by atoms with E-state index in [0.29, 0.717) is 36.8 Å². The van der Waals surface area contributed by atoms with Crippen molar-refractivity contribution in [3.05, 3.63) is 136 Å². The highest BCUT2D eigenvalue weighted by molar-refractivity contribution is 6.18. The van der Waals surface area contributed by atoms with Gasteiger partial charge in [-0.1, -0.05) is 81.0 Å². The van der Waals surface area contributed by atoms with Crippen molar-refractivity contribution in [1.29, 1.82) is 0 Å². The van der Waals surface area contributed by atoms with E-state index >= 15 is 0 Å². The number of unbranched alkanes of at least 4 members (excludes halogenated alkanes) is 2. The van der Waals surface area contributed by atoms with Crippen molar-refractivity contribution >= 4 is 52.2 Å². The minimum absolute atomic E-state index is 0.0584. The maximum atomic E-state index is 13.8. The zero-order valence-corrected chi connectivity index (χ0v) is 37.8. The number of likely N-dealkylation sites (N-methyl/N-ethyl adjacent to an activating group) is 1. The van der Waals surface area contributed by atoms with Crippen molar-refractivity contribution in [2.75, 3.05) is 48.2 Å². The van der Waals surface area contributed by atoms with Gasteiger partial charge in [-0.3, -0.25) is 14.5 Å². The lowest BCUT2D eigenvalue weighted by Gasteiger charge is -2.28. The van der Waals surface area contributed by atoms with E-state index in [2.05, 4.69) is 142 Å². The van der Waals surface area contributed by atoms with E-state index in [-0.39, 0.29) is 29.3 Å². The molecule has 1 aliphatic carbocycles. The first kappa shape index (κ1) is 45.2. The Hall–Kier alpha value is -4.30. The number of rotatable bonds is 19. The minimum atomic E-state index is -0.745. The fourth-order valence-electron chi connectivity index (χ4n) is 9.55. The fourth-order valence-corrected chi connectivity index (χ4v) is 9.96. The van der Waals surface area contributed by atoms with Gasteiger partial charge in [-0.25, -0.2) is 0 Å². The molecule has 0 saturated carbocycles. The molecule has 2 heterocycles. The van der Waals surface area contributed by atoms with Crippen molar-refractivity contribution in [2.24, 2.45) is 0 Å². The third kappa shape index (κ3) is 10.4. The van der Waals surface area contributed by atoms with Crippen molar-refractivity contribution in [3.8, 4) is 0 Å². The lowest BCUT2D eigenvalue weighted by Crippen LogP contribution is -3.07. The Balaban J connectivity index is 1.26. The molecule has 9 heteroatoms. The monoisotopic (exact) mass is 852 g/mol. The lowest BCUT2D eigenvalue weighted by molar-refractivity contribution is -0.828. The van der Waals surface area contributed by atoms with Gasteiger partial charge in [0.05, 0.1) is 12.5 Å². The topological polar surface area (TPSA) is 74.5 Å². The van der Waals surface area contributed by atoms with Crippen LogP contribution in [-0.4, -0.2) is 61.5 Å². The number of quaternary nitrogens is 1. The average Bonchev–Trinajstić information content (AvgIpc) is 3.56. The van der Waals surface area contributed by atoms with E-state index in [1.807, 2.05) is 0 Å². The van der Waals surface area contributed by atoms with Gasteiger partial charge >= 0.3 is 11.9 Å². The quantitative estimate of drug-likeness (QED) is 0.0711. The highest BCUT2D eigenvalue weighted by atomic mass is 35.5. The van der Waals surface area contributed by atoms with E-state index in [1.54, 1.807) is 0 Å². The van der Waals surface area contributed by atoms with Crippen LogP contribution >= 0.6 is 23.2 Å². The second-order valence-electron chi connectivity index (χ2n) is 17.6. The Bertz CT molecular complexity index is 2090.